The lowest BCUT2D eigenvalue weighted by Crippen LogP contribution is -2.38. The third-order valence-corrected chi connectivity index (χ3v) is 3.84. The van der Waals surface area contributed by atoms with Crippen molar-refractivity contribution >= 4 is 5.69 Å². The number of para-hydroxylation sites is 2. The molecule has 0 bridgehead atoms. The lowest BCUT2D eigenvalue weighted by atomic mass is 9.85. The van der Waals surface area contributed by atoms with Crippen molar-refractivity contribution in [2.45, 2.75) is 33.1 Å². The van der Waals surface area contributed by atoms with Crippen LogP contribution in [0.5, 0.6) is 5.75 Å². The first kappa shape index (κ1) is 14.2. The molecule has 106 valence electrons. The fourth-order valence-corrected chi connectivity index (χ4v) is 2.84. The summed E-state index contributed by atoms with van der Waals surface area (Å²) < 4.78 is 5.78. The van der Waals surface area contributed by atoms with Gasteiger partial charge in [-0.05, 0) is 25.0 Å². The second kappa shape index (κ2) is 6.29. The Labute approximate surface area is 116 Å². The molecule has 3 nitrogen and oxygen atoms in total. The average Bonchev–Trinajstić information content (AvgIpc) is 2.62. The lowest BCUT2D eigenvalue weighted by Gasteiger charge is -2.35. The van der Waals surface area contributed by atoms with Crippen LogP contribution in [0.2, 0.25) is 0 Å². The summed E-state index contributed by atoms with van der Waals surface area (Å²) in [5, 5.41) is 9.71. The quantitative estimate of drug-likeness (QED) is 0.886. The van der Waals surface area contributed by atoms with E-state index in [0.717, 1.165) is 50.4 Å². The summed E-state index contributed by atoms with van der Waals surface area (Å²) in [5.41, 5.74) is 1.13. The molecule has 2 rings (SSSR count). The first-order valence-corrected chi connectivity index (χ1v) is 7.26. The minimum atomic E-state index is -0.0355. The number of ether oxygens (including phenoxy) is 1. The van der Waals surface area contributed by atoms with Gasteiger partial charge in [0.05, 0.1) is 18.9 Å². The highest BCUT2D eigenvalue weighted by Gasteiger charge is 2.27. The first-order valence-electron chi connectivity index (χ1n) is 7.26. The zero-order valence-corrected chi connectivity index (χ0v) is 12.1. The SMILES string of the molecule is CCCC(C)(CO)CN1CCCOc2ccccc21. The van der Waals surface area contributed by atoms with E-state index in [1.807, 2.05) is 12.1 Å². The average molecular weight is 263 g/mol. The van der Waals surface area contributed by atoms with Gasteiger partial charge in [-0.3, -0.25) is 0 Å². The zero-order valence-electron chi connectivity index (χ0n) is 12.1. The molecule has 1 aromatic rings. The number of benzene rings is 1. The van der Waals surface area contributed by atoms with E-state index in [9.17, 15) is 5.11 Å². The fraction of sp³-hybridized carbons (Fsp3) is 0.625. The van der Waals surface area contributed by atoms with E-state index in [1.54, 1.807) is 0 Å². The Hall–Kier alpha value is -1.22. The molecule has 1 unspecified atom stereocenters. The molecule has 0 fully saturated rings. The number of fused-ring (bicyclic) bond motifs is 1. The van der Waals surface area contributed by atoms with E-state index < -0.39 is 0 Å². The van der Waals surface area contributed by atoms with Crippen LogP contribution >= 0.6 is 0 Å². The van der Waals surface area contributed by atoms with Crippen LogP contribution in [0.25, 0.3) is 0 Å². The van der Waals surface area contributed by atoms with Crippen LogP contribution in [0.15, 0.2) is 24.3 Å². The van der Waals surface area contributed by atoms with E-state index in [-0.39, 0.29) is 12.0 Å². The molecule has 0 saturated heterocycles. The molecule has 0 radical (unpaired) electrons. The first-order chi connectivity index (χ1) is 9.18. The van der Waals surface area contributed by atoms with Gasteiger partial charge in [0.25, 0.3) is 0 Å². The van der Waals surface area contributed by atoms with E-state index >= 15 is 0 Å². The molecule has 1 aliphatic rings. The molecule has 0 aliphatic carbocycles. The maximum absolute atomic E-state index is 9.71. The number of nitrogens with zero attached hydrogens (tertiary/aromatic N) is 1. The number of hydrogen-bond acceptors (Lipinski definition) is 3. The summed E-state index contributed by atoms with van der Waals surface area (Å²) in [6.07, 6.45) is 3.17. The van der Waals surface area contributed by atoms with Gasteiger partial charge in [-0.1, -0.05) is 32.4 Å². The molecular weight excluding hydrogens is 238 g/mol. The molecule has 1 aliphatic heterocycles. The Balaban J connectivity index is 2.19. The molecular formula is C16H25NO2. The number of hydrogen-bond donors (Lipinski definition) is 1. The summed E-state index contributed by atoms with van der Waals surface area (Å²) in [5.74, 6) is 0.969. The minimum Gasteiger partial charge on any atom is -0.491 e. The zero-order chi connectivity index (χ0) is 13.7. The molecule has 19 heavy (non-hydrogen) atoms. The molecule has 1 atom stereocenters. The Morgan fingerprint density at radius 3 is 2.89 bits per heavy atom. The van der Waals surface area contributed by atoms with Crippen LogP contribution in [0.4, 0.5) is 5.69 Å². The number of rotatable bonds is 5. The van der Waals surface area contributed by atoms with Gasteiger partial charge >= 0.3 is 0 Å². The molecule has 1 N–H and O–H groups in total. The summed E-state index contributed by atoms with van der Waals surface area (Å²) in [4.78, 5) is 2.37. The highest BCUT2D eigenvalue weighted by Crippen LogP contribution is 2.34. The van der Waals surface area contributed by atoms with Crippen LogP contribution < -0.4 is 9.64 Å². The lowest BCUT2D eigenvalue weighted by molar-refractivity contribution is 0.136. The molecule has 0 spiro atoms. The van der Waals surface area contributed by atoms with Crippen molar-refractivity contribution in [2.75, 3.05) is 31.2 Å². The van der Waals surface area contributed by atoms with Crippen LogP contribution in [0.1, 0.15) is 33.1 Å². The molecule has 0 amide bonds. The second-order valence-electron chi connectivity index (χ2n) is 5.81. The van der Waals surface area contributed by atoms with Gasteiger partial charge in [0.2, 0.25) is 0 Å². The number of aliphatic hydroxyl groups excluding tert-OH is 1. The van der Waals surface area contributed by atoms with Gasteiger partial charge in [0.1, 0.15) is 5.75 Å². The smallest absolute Gasteiger partial charge is 0.142 e. The maximum atomic E-state index is 9.71. The number of anilines is 1. The van der Waals surface area contributed by atoms with E-state index in [2.05, 4.69) is 30.9 Å². The van der Waals surface area contributed by atoms with E-state index in [4.69, 9.17) is 4.74 Å². The highest BCUT2D eigenvalue weighted by atomic mass is 16.5. The predicted octanol–water partition coefficient (Wildman–Crippen LogP) is 3.07. The second-order valence-corrected chi connectivity index (χ2v) is 5.81. The van der Waals surface area contributed by atoms with E-state index in [0.29, 0.717) is 0 Å². The minimum absolute atomic E-state index is 0.0355. The Kier molecular flexibility index (Phi) is 4.70. The van der Waals surface area contributed by atoms with Crippen molar-refractivity contribution in [2.24, 2.45) is 5.41 Å². The Bertz CT molecular complexity index is 407. The van der Waals surface area contributed by atoms with Gasteiger partial charge in [-0.25, -0.2) is 0 Å². The summed E-state index contributed by atoms with van der Waals surface area (Å²) in [7, 11) is 0. The fourth-order valence-electron chi connectivity index (χ4n) is 2.84. The Morgan fingerprint density at radius 1 is 1.37 bits per heavy atom. The predicted molar refractivity (Wildman–Crippen MR) is 78.9 cm³/mol. The van der Waals surface area contributed by atoms with Gasteiger partial charge in [0.15, 0.2) is 0 Å². The third kappa shape index (κ3) is 3.41. The third-order valence-electron chi connectivity index (χ3n) is 3.84. The van der Waals surface area contributed by atoms with Crippen molar-refractivity contribution in [3.8, 4) is 5.75 Å². The standard InChI is InChI=1S/C16H25NO2/c1-3-9-16(2,13-18)12-17-10-6-11-19-15-8-5-4-7-14(15)17/h4-5,7-8,18H,3,6,9-13H2,1-2H3. The van der Waals surface area contributed by atoms with Gasteiger partial charge in [-0.2, -0.15) is 0 Å². The summed E-state index contributed by atoms with van der Waals surface area (Å²) in [6.45, 7) is 7.24. The topological polar surface area (TPSA) is 32.7 Å². The molecule has 1 heterocycles. The van der Waals surface area contributed by atoms with Crippen molar-refractivity contribution in [1.29, 1.82) is 0 Å². The molecule has 0 aromatic heterocycles. The van der Waals surface area contributed by atoms with Gasteiger partial charge in [0, 0.05) is 18.5 Å². The van der Waals surface area contributed by atoms with Gasteiger partial charge in [-0.15, -0.1) is 0 Å². The van der Waals surface area contributed by atoms with Crippen molar-refractivity contribution in [3.05, 3.63) is 24.3 Å². The normalized spacial score (nSPS) is 18.2. The van der Waals surface area contributed by atoms with Crippen LogP contribution in [-0.4, -0.2) is 31.4 Å². The molecule has 3 heteroatoms. The monoisotopic (exact) mass is 263 g/mol. The molecule has 0 saturated carbocycles. The van der Waals surface area contributed by atoms with Crippen molar-refractivity contribution < 1.29 is 9.84 Å². The van der Waals surface area contributed by atoms with E-state index in [1.165, 1.54) is 0 Å². The highest BCUT2D eigenvalue weighted by molar-refractivity contribution is 5.59. The molecule has 1 aromatic carbocycles. The van der Waals surface area contributed by atoms with Crippen molar-refractivity contribution in [1.82, 2.24) is 0 Å². The van der Waals surface area contributed by atoms with Crippen LogP contribution in [0, 0.1) is 5.41 Å². The van der Waals surface area contributed by atoms with Gasteiger partial charge < -0.3 is 14.7 Å². The van der Waals surface area contributed by atoms with Crippen molar-refractivity contribution in [3.63, 3.8) is 0 Å². The summed E-state index contributed by atoms with van der Waals surface area (Å²) >= 11 is 0. The number of aliphatic hydroxyl groups is 1. The van der Waals surface area contributed by atoms with Crippen LogP contribution in [0.3, 0.4) is 0 Å². The maximum Gasteiger partial charge on any atom is 0.142 e. The van der Waals surface area contributed by atoms with Crippen LogP contribution in [-0.2, 0) is 0 Å². The Morgan fingerprint density at radius 2 is 2.16 bits per heavy atom. The largest absolute Gasteiger partial charge is 0.491 e. The summed E-state index contributed by atoms with van der Waals surface area (Å²) in [6, 6.07) is 8.21.